The van der Waals surface area contributed by atoms with Crippen LogP contribution in [0, 0.1) is 0 Å². The highest BCUT2D eigenvalue weighted by Gasteiger charge is 2.06. The molecule has 0 amide bonds. The summed E-state index contributed by atoms with van der Waals surface area (Å²) in [4.78, 5) is 20.4. The lowest BCUT2D eigenvalue weighted by Crippen LogP contribution is -1.99. The predicted molar refractivity (Wildman–Crippen MR) is 67.0 cm³/mol. The van der Waals surface area contributed by atoms with Gasteiger partial charge in [-0.15, -0.1) is 0 Å². The van der Waals surface area contributed by atoms with E-state index in [1.807, 2.05) is 60.7 Å². The Morgan fingerprint density at radius 1 is 0.667 bits per heavy atom. The summed E-state index contributed by atoms with van der Waals surface area (Å²) in [7, 11) is 0. The van der Waals surface area contributed by atoms with Gasteiger partial charge in [0.25, 0.3) is 0 Å². The van der Waals surface area contributed by atoms with Gasteiger partial charge >= 0.3 is 6.16 Å². The van der Waals surface area contributed by atoms with Gasteiger partial charge in [0, 0.05) is 11.1 Å². The molecule has 0 aliphatic rings. The van der Waals surface area contributed by atoms with Crippen LogP contribution in [0.2, 0.25) is 0 Å². The van der Waals surface area contributed by atoms with Crippen LogP contribution in [0.5, 0.6) is 0 Å². The van der Waals surface area contributed by atoms with Crippen LogP contribution in [0.3, 0.4) is 0 Å². The largest absolute Gasteiger partial charge is 0.503 e. The highest BCUT2D eigenvalue weighted by molar-refractivity contribution is 6.08. The first-order valence-corrected chi connectivity index (χ1v) is 5.18. The lowest BCUT2D eigenvalue weighted by atomic mass is 10.0. The Labute approximate surface area is 104 Å². The first-order chi connectivity index (χ1) is 8.61. The quantitative estimate of drug-likeness (QED) is 0.796. The fourth-order valence-electron chi connectivity index (χ4n) is 1.35. The van der Waals surface area contributed by atoms with Gasteiger partial charge in [0.05, 0.1) is 0 Å². The smallest absolute Gasteiger partial charge is 0.450 e. The van der Waals surface area contributed by atoms with E-state index in [2.05, 4.69) is 0 Å². The van der Waals surface area contributed by atoms with E-state index in [-0.39, 0.29) is 5.78 Å². The average Bonchev–Trinajstić information content (AvgIpc) is 2.39. The SMILES string of the molecule is O=C(O)O.O=C(c1ccccc1)c1ccccc1. The monoisotopic (exact) mass is 244 g/mol. The fraction of sp³-hybridized carbons (Fsp3) is 0. The lowest BCUT2D eigenvalue weighted by Gasteiger charge is -1.99. The molecule has 0 fully saturated rings. The molecular formula is C14H12O4. The van der Waals surface area contributed by atoms with E-state index in [1.54, 1.807) is 0 Å². The van der Waals surface area contributed by atoms with Gasteiger partial charge in [-0.2, -0.15) is 0 Å². The van der Waals surface area contributed by atoms with E-state index in [4.69, 9.17) is 15.0 Å². The molecule has 2 rings (SSSR count). The summed E-state index contributed by atoms with van der Waals surface area (Å²) in [5, 5.41) is 13.9. The minimum Gasteiger partial charge on any atom is -0.450 e. The zero-order chi connectivity index (χ0) is 13.4. The molecule has 4 nitrogen and oxygen atoms in total. The summed E-state index contributed by atoms with van der Waals surface area (Å²) in [5.74, 6) is 0.0752. The summed E-state index contributed by atoms with van der Waals surface area (Å²) in [6, 6.07) is 18.6. The Morgan fingerprint density at radius 2 is 0.944 bits per heavy atom. The van der Waals surface area contributed by atoms with E-state index < -0.39 is 6.16 Å². The molecule has 2 aromatic carbocycles. The summed E-state index contributed by atoms with van der Waals surface area (Å²) in [5.41, 5.74) is 1.47. The Kier molecular flexibility index (Phi) is 5.12. The second kappa shape index (κ2) is 6.85. The third kappa shape index (κ3) is 4.49. The maximum atomic E-state index is 11.8. The van der Waals surface area contributed by atoms with Crippen molar-refractivity contribution in [3.8, 4) is 0 Å². The van der Waals surface area contributed by atoms with Gasteiger partial charge in [-0.1, -0.05) is 60.7 Å². The van der Waals surface area contributed by atoms with Crippen molar-refractivity contribution in [3.63, 3.8) is 0 Å². The van der Waals surface area contributed by atoms with Crippen LogP contribution in [-0.4, -0.2) is 22.2 Å². The average molecular weight is 244 g/mol. The number of carbonyl (C=O) groups is 2. The summed E-state index contributed by atoms with van der Waals surface area (Å²) < 4.78 is 0. The first kappa shape index (κ1) is 13.4. The van der Waals surface area contributed by atoms with Crippen molar-refractivity contribution < 1.29 is 19.8 Å². The van der Waals surface area contributed by atoms with Gasteiger partial charge in [-0.25, -0.2) is 4.79 Å². The van der Waals surface area contributed by atoms with Crippen molar-refractivity contribution in [1.29, 1.82) is 0 Å². The van der Waals surface area contributed by atoms with Crippen LogP contribution in [0.25, 0.3) is 0 Å². The molecule has 0 atom stereocenters. The van der Waals surface area contributed by atoms with Crippen LogP contribution in [0.4, 0.5) is 4.79 Å². The fourth-order valence-corrected chi connectivity index (χ4v) is 1.35. The molecule has 2 N–H and O–H groups in total. The Bertz CT molecular complexity index is 460. The highest BCUT2D eigenvalue weighted by Crippen LogP contribution is 2.08. The van der Waals surface area contributed by atoms with E-state index in [0.29, 0.717) is 0 Å². The standard InChI is InChI=1S/C13H10O.CH2O3/c14-13(11-7-3-1-4-8-11)12-9-5-2-6-10-12;2-1(3)4/h1-10H;(H2,2,3,4). The topological polar surface area (TPSA) is 74.6 Å². The van der Waals surface area contributed by atoms with E-state index in [0.717, 1.165) is 11.1 Å². The van der Waals surface area contributed by atoms with Crippen LogP contribution >= 0.6 is 0 Å². The van der Waals surface area contributed by atoms with Gasteiger partial charge in [0.2, 0.25) is 0 Å². The van der Waals surface area contributed by atoms with Gasteiger partial charge < -0.3 is 10.2 Å². The number of benzene rings is 2. The molecule has 0 spiro atoms. The number of hydrogen-bond acceptors (Lipinski definition) is 2. The molecule has 92 valence electrons. The molecule has 0 aromatic heterocycles. The maximum absolute atomic E-state index is 11.8. The van der Waals surface area contributed by atoms with Crippen molar-refractivity contribution in [1.82, 2.24) is 0 Å². The van der Waals surface area contributed by atoms with Gasteiger partial charge in [-0.05, 0) is 0 Å². The third-order valence-electron chi connectivity index (χ3n) is 2.07. The van der Waals surface area contributed by atoms with Crippen molar-refractivity contribution in [2.45, 2.75) is 0 Å². The van der Waals surface area contributed by atoms with Crippen molar-refractivity contribution in [2.24, 2.45) is 0 Å². The molecule has 2 aromatic rings. The molecule has 0 saturated heterocycles. The molecule has 4 heteroatoms. The minimum absolute atomic E-state index is 0.0752. The molecule has 0 heterocycles. The molecule has 0 saturated carbocycles. The van der Waals surface area contributed by atoms with Crippen molar-refractivity contribution in [2.75, 3.05) is 0 Å². The van der Waals surface area contributed by atoms with Gasteiger partial charge in [-0.3, -0.25) is 4.79 Å². The molecule has 0 radical (unpaired) electrons. The first-order valence-electron chi connectivity index (χ1n) is 5.18. The number of carboxylic acid groups (broad SMARTS) is 2. The Morgan fingerprint density at radius 3 is 1.22 bits per heavy atom. The van der Waals surface area contributed by atoms with Crippen LogP contribution in [0.15, 0.2) is 60.7 Å². The number of hydrogen-bond donors (Lipinski definition) is 2. The molecule has 0 bridgehead atoms. The lowest BCUT2D eigenvalue weighted by molar-refractivity contribution is 0.103. The second-order valence-corrected chi connectivity index (χ2v) is 3.34. The number of carbonyl (C=O) groups excluding carboxylic acids is 1. The normalized spacial score (nSPS) is 8.89. The second-order valence-electron chi connectivity index (χ2n) is 3.34. The molecule has 0 aliphatic heterocycles. The van der Waals surface area contributed by atoms with Crippen LogP contribution in [0.1, 0.15) is 15.9 Å². The van der Waals surface area contributed by atoms with Crippen molar-refractivity contribution >= 4 is 11.9 Å². The number of ketones is 1. The zero-order valence-corrected chi connectivity index (χ0v) is 9.48. The van der Waals surface area contributed by atoms with Crippen LogP contribution < -0.4 is 0 Å². The summed E-state index contributed by atoms with van der Waals surface area (Å²) in [6.07, 6.45) is -1.83. The zero-order valence-electron chi connectivity index (χ0n) is 9.48. The molecular weight excluding hydrogens is 232 g/mol. The summed E-state index contributed by atoms with van der Waals surface area (Å²) >= 11 is 0. The van der Waals surface area contributed by atoms with E-state index in [1.165, 1.54) is 0 Å². The Hall–Kier alpha value is -2.62. The van der Waals surface area contributed by atoms with E-state index >= 15 is 0 Å². The third-order valence-corrected chi connectivity index (χ3v) is 2.07. The molecule has 0 unspecified atom stereocenters. The maximum Gasteiger partial charge on any atom is 0.503 e. The van der Waals surface area contributed by atoms with Crippen molar-refractivity contribution in [3.05, 3.63) is 71.8 Å². The van der Waals surface area contributed by atoms with Crippen LogP contribution in [-0.2, 0) is 0 Å². The molecule has 0 aliphatic carbocycles. The Balaban J connectivity index is 0.000000357. The number of rotatable bonds is 2. The highest BCUT2D eigenvalue weighted by atomic mass is 16.6. The summed E-state index contributed by atoms with van der Waals surface area (Å²) in [6.45, 7) is 0. The minimum atomic E-state index is -1.83. The van der Waals surface area contributed by atoms with Gasteiger partial charge in [0.15, 0.2) is 5.78 Å². The van der Waals surface area contributed by atoms with E-state index in [9.17, 15) is 4.79 Å². The predicted octanol–water partition coefficient (Wildman–Crippen LogP) is 3.14. The van der Waals surface area contributed by atoms with Gasteiger partial charge in [0.1, 0.15) is 0 Å². The molecule has 18 heavy (non-hydrogen) atoms.